The summed E-state index contributed by atoms with van der Waals surface area (Å²) in [6.45, 7) is 6.51. The number of likely N-dealkylation sites (tertiary alicyclic amines) is 1. The number of aryl methyl sites for hydroxylation is 1. The van der Waals surface area contributed by atoms with Crippen LogP contribution in [0.3, 0.4) is 0 Å². The molecule has 1 aromatic carbocycles. The van der Waals surface area contributed by atoms with E-state index in [4.69, 9.17) is 5.11 Å². The van der Waals surface area contributed by atoms with E-state index in [9.17, 15) is 9.59 Å². The first kappa shape index (κ1) is 18.4. The number of benzene rings is 1. The van der Waals surface area contributed by atoms with E-state index < -0.39 is 5.97 Å². The third-order valence-electron chi connectivity index (χ3n) is 4.56. The van der Waals surface area contributed by atoms with Gasteiger partial charge in [-0.15, -0.1) is 0 Å². The van der Waals surface area contributed by atoms with Crippen molar-refractivity contribution in [2.24, 2.45) is 0 Å². The van der Waals surface area contributed by atoms with Gasteiger partial charge in [0.1, 0.15) is 0 Å². The quantitative estimate of drug-likeness (QED) is 0.655. The highest BCUT2D eigenvalue weighted by molar-refractivity contribution is 5.78. The number of hydrogen-bond acceptors (Lipinski definition) is 4. The number of carbonyl (C=O) groups is 2. The summed E-state index contributed by atoms with van der Waals surface area (Å²) in [5.41, 5.74) is 2.26. The van der Waals surface area contributed by atoms with Crippen LogP contribution >= 0.6 is 0 Å². The average molecular weight is 333 g/mol. The van der Waals surface area contributed by atoms with E-state index >= 15 is 0 Å². The molecule has 1 heterocycles. The molecule has 6 heteroatoms. The molecule has 0 aromatic heterocycles. The summed E-state index contributed by atoms with van der Waals surface area (Å²) in [7, 11) is 0. The standard InChI is InChI=1S/C18H27N3O3/c1-14-5-3-4-6-15(14)7-9-19-16(22)12-21-10-8-18(2,13-21)20-11-17(23)24/h3-6,20H,7-13H2,1-2H3,(H,19,22)(H,23,24)/t18-/m0/s1. The molecule has 0 unspecified atom stereocenters. The molecule has 0 radical (unpaired) electrons. The van der Waals surface area contributed by atoms with Crippen molar-refractivity contribution in [2.75, 3.05) is 32.7 Å². The molecule has 3 N–H and O–H groups in total. The van der Waals surface area contributed by atoms with Crippen LogP contribution in [0.1, 0.15) is 24.5 Å². The van der Waals surface area contributed by atoms with Crippen molar-refractivity contribution in [2.45, 2.75) is 32.2 Å². The van der Waals surface area contributed by atoms with Crippen molar-refractivity contribution in [3.05, 3.63) is 35.4 Å². The van der Waals surface area contributed by atoms with Crippen molar-refractivity contribution in [3.8, 4) is 0 Å². The van der Waals surface area contributed by atoms with E-state index in [-0.39, 0.29) is 18.0 Å². The van der Waals surface area contributed by atoms with Gasteiger partial charge in [0.2, 0.25) is 5.91 Å². The van der Waals surface area contributed by atoms with E-state index in [0.717, 1.165) is 19.4 Å². The molecule has 132 valence electrons. The molecule has 1 atom stereocenters. The molecule has 1 amide bonds. The first-order chi connectivity index (χ1) is 11.4. The summed E-state index contributed by atoms with van der Waals surface area (Å²) in [5.74, 6) is -0.838. The van der Waals surface area contributed by atoms with E-state index in [2.05, 4.69) is 34.6 Å². The van der Waals surface area contributed by atoms with Gasteiger partial charge >= 0.3 is 5.97 Å². The van der Waals surface area contributed by atoms with Crippen LogP contribution in [0.5, 0.6) is 0 Å². The lowest BCUT2D eigenvalue weighted by molar-refractivity contribution is -0.136. The van der Waals surface area contributed by atoms with E-state index in [1.165, 1.54) is 11.1 Å². The number of carboxylic acids is 1. The number of aliphatic carboxylic acids is 1. The predicted octanol–water partition coefficient (Wildman–Crippen LogP) is 0.792. The largest absolute Gasteiger partial charge is 0.480 e. The monoisotopic (exact) mass is 333 g/mol. The number of nitrogens with one attached hydrogen (secondary N) is 2. The van der Waals surface area contributed by atoms with Gasteiger partial charge in [-0.2, -0.15) is 0 Å². The van der Waals surface area contributed by atoms with Crippen LogP contribution in [0.25, 0.3) is 0 Å². The second-order valence-electron chi connectivity index (χ2n) is 6.80. The molecule has 1 aliphatic rings. The van der Waals surface area contributed by atoms with Gasteiger partial charge in [-0.1, -0.05) is 24.3 Å². The predicted molar refractivity (Wildman–Crippen MR) is 93.0 cm³/mol. The van der Waals surface area contributed by atoms with Gasteiger partial charge in [-0.05, 0) is 37.8 Å². The molecule has 0 spiro atoms. The van der Waals surface area contributed by atoms with Gasteiger partial charge in [0.05, 0.1) is 13.1 Å². The third kappa shape index (κ3) is 5.62. The van der Waals surface area contributed by atoms with E-state index in [0.29, 0.717) is 19.6 Å². The summed E-state index contributed by atoms with van der Waals surface area (Å²) < 4.78 is 0. The Hall–Kier alpha value is -1.92. The number of carbonyl (C=O) groups excluding carboxylic acids is 1. The maximum atomic E-state index is 12.1. The highest BCUT2D eigenvalue weighted by atomic mass is 16.4. The van der Waals surface area contributed by atoms with Crippen LogP contribution < -0.4 is 10.6 Å². The summed E-state index contributed by atoms with van der Waals surface area (Å²) >= 11 is 0. The van der Waals surface area contributed by atoms with E-state index in [1.807, 2.05) is 19.1 Å². The normalized spacial score (nSPS) is 20.9. The molecule has 0 bridgehead atoms. The maximum absolute atomic E-state index is 12.1. The highest BCUT2D eigenvalue weighted by Crippen LogP contribution is 2.20. The number of nitrogens with zero attached hydrogens (tertiary/aromatic N) is 1. The second-order valence-corrected chi connectivity index (χ2v) is 6.80. The van der Waals surface area contributed by atoms with Crippen LogP contribution in [0, 0.1) is 6.92 Å². The Labute approximate surface area is 143 Å². The molecule has 1 aliphatic heterocycles. The van der Waals surface area contributed by atoms with Crippen LogP contribution in [0.4, 0.5) is 0 Å². The minimum absolute atomic E-state index is 0.0195. The lowest BCUT2D eigenvalue weighted by atomic mass is 10.0. The van der Waals surface area contributed by atoms with Crippen molar-refractivity contribution in [3.63, 3.8) is 0 Å². The van der Waals surface area contributed by atoms with Gasteiger partial charge in [0.15, 0.2) is 0 Å². The van der Waals surface area contributed by atoms with Gasteiger partial charge in [-0.25, -0.2) is 0 Å². The van der Waals surface area contributed by atoms with Crippen LogP contribution in [0.2, 0.25) is 0 Å². The zero-order valence-electron chi connectivity index (χ0n) is 14.5. The molecule has 0 aliphatic carbocycles. The number of hydrogen-bond donors (Lipinski definition) is 3. The Morgan fingerprint density at radius 1 is 1.33 bits per heavy atom. The molecule has 1 fully saturated rings. The smallest absolute Gasteiger partial charge is 0.317 e. The van der Waals surface area contributed by atoms with Crippen molar-refractivity contribution in [1.29, 1.82) is 0 Å². The second kappa shape index (κ2) is 8.26. The highest BCUT2D eigenvalue weighted by Gasteiger charge is 2.34. The summed E-state index contributed by atoms with van der Waals surface area (Å²) in [6, 6.07) is 8.19. The molecular weight excluding hydrogens is 306 g/mol. The molecule has 0 saturated carbocycles. The molecule has 6 nitrogen and oxygen atoms in total. The van der Waals surface area contributed by atoms with Gasteiger partial charge in [0.25, 0.3) is 0 Å². The number of rotatable bonds is 8. The molecule has 2 rings (SSSR count). The fourth-order valence-corrected chi connectivity index (χ4v) is 3.11. The first-order valence-electron chi connectivity index (χ1n) is 8.38. The molecule has 1 saturated heterocycles. The fourth-order valence-electron chi connectivity index (χ4n) is 3.11. The maximum Gasteiger partial charge on any atom is 0.317 e. The Balaban J connectivity index is 1.70. The van der Waals surface area contributed by atoms with Gasteiger partial charge < -0.3 is 15.7 Å². The van der Waals surface area contributed by atoms with Crippen molar-refractivity contribution < 1.29 is 14.7 Å². The average Bonchev–Trinajstić information content (AvgIpc) is 2.89. The zero-order chi connectivity index (χ0) is 17.6. The van der Waals surface area contributed by atoms with E-state index in [1.54, 1.807) is 0 Å². The van der Waals surface area contributed by atoms with Crippen molar-refractivity contribution >= 4 is 11.9 Å². The van der Waals surface area contributed by atoms with Crippen LogP contribution in [-0.4, -0.2) is 60.1 Å². The minimum Gasteiger partial charge on any atom is -0.480 e. The Morgan fingerprint density at radius 2 is 2.08 bits per heavy atom. The lowest BCUT2D eigenvalue weighted by Crippen LogP contribution is -2.47. The summed E-state index contributed by atoms with van der Waals surface area (Å²) in [5, 5.41) is 14.8. The van der Waals surface area contributed by atoms with Crippen LogP contribution in [0.15, 0.2) is 24.3 Å². The van der Waals surface area contributed by atoms with Crippen molar-refractivity contribution in [1.82, 2.24) is 15.5 Å². The first-order valence-corrected chi connectivity index (χ1v) is 8.38. The SMILES string of the molecule is Cc1ccccc1CCNC(=O)CN1CC[C@](C)(NCC(=O)O)C1. The molecular formula is C18H27N3O3. The topological polar surface area (TPSA) is 81.7 Å². The number of carboxylic acid groups (broad SMARTS) is 1. The van der Waals surface area contributed by atoms with Gasteiger partial charge in [0, 0.05) is 25.2 Å². The summed E-state index contributed by atoms with van der Waals surface area (Å²) in [4.78, 5) is 24.8. The fraction of sp³-hybridized carbons (Fsp3) is 0.556. The summed E-state index contributed by atoms with van der Waals surface area (Å²) in [6.07, 6.45) is 1.67. The lowest BCUT2D eigenvalue weighted by Gasteiger charge is -2.25. The minimum atomic E-state index is -0.858. The number of amides is 1. The molecule has 1 aromatic rings. The van der Waals surface area contributed by atoms with Crippen LogP contribution in [-0.2, 0) is 16.0 Å². The zero-order valence-corrected chi connectivity index (χ0v) is 14.5. The Morgan fingerprint density at radius 3 is 2.79 bits per heavy atom. The third-order valence-corrected chi connectivity index (χ3v) is 4.56. The Bertz CT molecular complexity index is 591. The molecule has 24 heavy (non-hydrogen) atoms. The van der Waals surface area contributed by atoms with Gasteiger partial charge in [-0.3, -0.25) is 14.5 Å². The Kier molecular flexibility index (Phi) is 6.34.